The fraction of sp³-hybridized carbons (Fsp3) is 0.647. The van der Waals surface area contributed by atoms with E-state index in [1.807, 2.05) is 0 Å². The lowest BCUT2D eigenvalue weighted by atomic mass is 9.76. The Bertz CT molecular complexity index is 353. The highest BCUT2D eigenvalue weighted by Crippen LogP contribution is 2.35. The minimum absolute atomic E-state index is 0.782. The van der Waals surface area contributed by atoms with E-state index < -0.39 is 0 Å². The molecule has 0 bridgehead atoms. The zero-order chi connectivity index (χ0) is 12.2. The van der Waals surface area contributed by atoms with Crippen molar-refractivity contribution in [3.63, 3.8) is 0 Å². The van der Waals surface area contributed by atoms with Gasteiger partial charge in [0.25, 0.3) is 0 Å². The second-order valence-electron chi connectivity index (χ2n) is 6.09. The minimum atomic E-state index is 0.782. The Morgan fingerprint density at radius 2 is 1.67 bits per heavy atom. The van der Waals surface area contributed by atoms with Crippen molar-refractivity contribution < 1.29 is 0 Å². The van der Waals surface area contributed by atoms with Crippen LogP contribution in [0, 0.1) is 5.92 Å². The van der Waals surface area contributed by atoms with E-state index >= 15 is 0 Å². The number of piperidine rings is 1. The van der Waals surface area contributed by atoms with Gasteiger partial charge in [-0.1, -0.05) is 49.6 Å². The van der Waals surface area contributed by atoms with Crippen LogP contribution in [0.2, 0.25) is 0 Å². The van der Waals surface area contributed by atoms with E-state index in [2.05, 4.69) is 35.6 Å². The van der Waals surface area contributed by atoms with Crippen LogP contribution in [0.5, 0.6) is 0 Å². The van der Waals surface area contributed by atoms with E-state index in [4.69, 9.17) is 0 Å². The van der Waals surface area contributed by atoms with Gasteiger partial charge >= 0.3 is 0 Å². The normalized spacial score (nSPS) is 30.2. The predicted octanol–water partition coefficient (Wildman–Crippen LogP) is 4.10. The SMILES string of the molecule is c1ccc([C@H]2CCN[C@@H](C3CCCCC3)C2)cc1. The standard InChI is InChI=1S/C17H25N/c1-3-7-14(8-4-1)16-11-12-18-17(13-16)15-9-5-2-6-10-15/h1,3-4,7-8,15-18H,2,5-6,9-13H2/t16-,17+/m0/s1. The molecule has 1 nitrogen and oxygen atoms in total. The third kappa shape index (κ3) is 2.77. The van der Waals surface area contributed by atoms with Gasteiger partial charge < -0.3 is 5.32 Å². The molecule has 3 rings (SSSR count). The van der Waals surface area contributed by atoms with E-state index in [1.54, 1.807) is 5.56 Å². The summed E-state index contributed by atoms with van der Waals surface area (Å²) in [6.07, 6.45) is 9.96. The monoisotopic (exact) mass is 243 g/mol. The van der Waals surface area contributed by atoms with Crippen LogP contribution in [0.15, 0.2) is 30.3 Å². The Morgan fingerprint density at radius 3 is 2.44 bits per heavy atom. The lowest BCUT2D eigenvalue weighted by molar-refractivity contribution is 0.221. The number of hydrogen-bond donors (Lipinski definition) is 1. The maximum atomic E-state index is 3.79. The first kappa shape index (κ1) is 12.2. The van der Waals surface area contributed by atoms with Gasteiger partial charge in [0.15, 0.2) is 0 Å². The maximum absolute atomic E-state index is 3.79. The smallest absolute Gasteiger partial charge is 0.0101 e. The van der Waals surface area contributed by atoms with E-state index in [0.29, 0.717) is 0 Å². The molecule has 2 atom stereocenters. The molecule has 0 amide bonds. The van der Waals surface area contributed by atoms with Gasteiger partial charge in [0.2, 0.25) is 0 Å². The third-order valence-electron chi connectivity index (χ3n) is 4.93. The summed E-state index contributed by atoms with van der Waals surface area (Å²) in [7, 11) is 0. The molecule has 1 heterocycles. The highest BCUT2D eigenvalue weighted by Gasteiger charge is 2.29. The maximum Gasteiger partial charge on any atom is 0.0101 e. The van der Waals surface area contributed by atoms with Gasteiger partial charge in [0.05, 0.1) is 0 Å². The molecule has 1 heteroatoms. The zero-order valence-corrected chi connectivity index (χ0v) is 11.3. The Labute approximate surface area is 111 Å². The van der Waals surface area contributed by atoms with E-state index in [9.17, 15) is 0 Å². The van der Waals surface area contributed by atoms with Crippen LogP contribution < -0.4 is 5.32 Å². The molecule has 1 saturated carbocycles. The average molecular weight is 243 g/mol. The van der Waals surface area contributed by atoms with Crippen LogP contribution in [0.25, 0.3) is 0 Å². The van der Waals surface area contributed by atoms with Gasteiger partial charge in [-0.3, -0.25) is 0 Å². The topological polar surface area (TPSA) is 12.0 Å². The third-order valence-corrected chi connectivity index (χ3v) is 4.93. The fourth-order valence-corrected chi connectivity index (χ4v) is 3.87. The number of benzene rings is 1. The predicted molar refractivity (Wildman–Crippen MR) is 76.8 cm³/mol. The van der Waals surface area contributed by atoms with Crippen LogP contribution in [0.3, 0.4) is 0 Å². The van der Waals surface area contributed by atoms with Crippen LogP contribution in [-0.4, -0.2) is 12.6 Å². The Morgan fingerprint density at radius 1 is 0.889 bits per heavy atom. The van der Waals surface area contributed by atoms with Crippen molar-refractivity contribution in [2.75, 3.05) is 6.54 Å². The van der Waals surface area contributed by atoms with Crippen molar-refractivity contribution in [2.45, 2.75) is 56.9 Å². The Kier molecular flexibility index (Phi) is 3.99. The highest BCUT2D eigenvalue weighted by atomic mass is 14.9. The van der Waals surface area contributed by atoms with E-state index in [-0.39, 0.29) is 0 Å². The van der Waals surface area contributed by atoms with Crippen molar-refractivity contribution in [3.8, 4) is 0 Å². The van der Waals surface area contributed by atoms with Crippen LogP contribution in [-0.2, 0) is 0 Å². The molecular weight excluding hydrogens is 218 g/mol. The van der Waals surface area contributed by atoms with Crippen molar-refractivity contribution in [2.24, 2.45) is 5.92 Å². The summed E-state index contributed by atoms with van der Waals surface area (Å²) >= 11 is 0. The molecule has 0 aromatic heterocycles. The molecule has 18 heavy (non-hydrogen) atoms. The van der Waals surface area contributed by atoms with Crippen LogP contribution in [0.1, 0.15) is 56.4 Å². The first-order valence-corrected chi connectivity index (χ1v) is 7.72. The second-order valence-corrected chi connectivity index (χ2v) is 6.09. The van der Waals surface area contributed by atoms with Gasteiger partial charge in [-0.05, 0) is 49.6 Å². The number of nitrogens with one attached hydrogen (secondary N) is 1. The molecule has 1 aromatic carbocycles. The quantitative estimate of drug-likeness (QED) is 0.824. The largest absolute Gasteiger partial charge is 0.314 e. The number of hydrogen-bond acceptors (Lipinski definition) is 1. The van der Waals surface area contributed by atoms with E-state index in [0.717, 1.165) is 17.9 Å². The summed E-state index contributed by atoms with van der Waals surface area (Å²) in [6.45, 7) is 1.21. The Balaban J connectivity index is 1.64. The summed E-state index contributed by atoms with van der Waals surface area (Å²) in [5, 5.41) is 3.79. The lowest BCUT2D eigenvalue weighted by Gasteiger charge is -2.37. The van der Waals surface area contributed by atoms with Crippen LogP contribution >= 0.6 is 0 Å². The average Bonchev–Trinajstić information content (AvgIpc) is 2.49. The second kappa shape index (κ2) is 5.88. The van der Waals surface area contributed by atoms with Crippen LogP contribution in [0.4, 0.5) is 0 Å². The van der Waals surface area contributed by atoms with Crippen molar-refractivity contribution in [1.29, 1.82) is 0 Å². The summed E-state index contributed by atoms with van der Waals surface area (Å²) < 4.78 is 0. The molecule has 98 valence electrons. The number of rotatable bonds is 2. The molecule has 1 N–H and O–H groups in total. The van der Waals surface area contributed by atoms with Gasteiger partial charge in [-0.25, -0.2) is 0 Å². The lowest BCUT2D eigenvalue weighted by Crippen LogP contribution is -2.43. The molecule has 1 aliphatic carbocycles. The molecular formula is C17H25N. The van der Waals surface area contributed by atoms with Gasteiger partial charge in [0.1, 0.15) is 0 Å². The van der Waals surface area contributed by atoms with Gasteiger partial charge in [-0.15, -0.1) is 0 Å². The first-order valence-electron chi connectivity index (χ1n) is 7.72. The molecule has 0 spiro atoms. The van der Waals surface area contributed by atoms with Crippen molar-refractivity contribution >= 4 is 0 Å². The summed E-state index contributed by atoms with van der Waals surface area (Å²) in [5.74, 6) is 1.74. The van der Waals surface area contributed by atoms with E-state index in [1.165, 1.54) is 51.5 Å². The van der Waals surface area contributed by atoms with Gasteiger partial charge in [-0.2, -0.15) is 0 Å². The van der Waals surface area contributed by atoms with Crippen molar-refractivity contribution in [3.05, 3.63) is 35.9 Å². The highest BCUT2D eigenvalue weighted by molar-refractivity contribution is 5.20. The minimum Gasteiger partial charge on any atom is -0.314 e. The molecule has 1 aliphatic heterocycles. The zero-order valence-electron chi connectivity index (χ0n) is 11.3. The van der Waals surface area contributed by atoms with Crippen molar-refractivity contribution in [1.82, 2.24) is 5.32 Å². The molecule has 0 radical (unpaired) electrons. The summed E-state index contributed by atoms with van der Waals surface area (Å²) in [6, 6.07) is 11.9. The summed E-state index contributed by atoms with van der Waals surface area (Å²) in [5.41, 5.74) is 1.56. The fourth-order valence-electron chi connectivity index (χ4n) is 3.87. The molecule has 2 aliphatic rings. The summed E-state index contributed by atoms with van der Waals surface area (Å²) in [4.78, 5) is 0. The molecule has 2 fully saturated rings. The Hall–Kier alpha value is -0.820. The van der Waals surface area contributed by atoms with Gasteiger partial charge in [0, 0.05) is 6.04 Å². The molecule has 0 unspecified atom stereocenters. The molecule has 1 saturated heterocycles. The molecule has 1 aromatic rings. The first-order chi connectivity index (χ1) is 8.93.